The fourth-order valence-corrected chi connectivity index (χ4v) is 3.05. The van der Waals surface area contributed by atoms with Gasteiger partial charge in [-0.2, -0.15) is 13.2 Å². The van der Waals surface area contributed by atoms with Crippen molar-refractivity contribution in [3.8, 4) is 11.5 Å². The molecule has 5 nitrogen and oxygen atoms in total. The minimum atomic E-state index is -4.51. The first-order valence-electron chi connectivity index (χ1n) is 7.40. The van der Waals surface area contributed by atoms with Gasteiger partial charge in [-0.15, -0.1) is 0 Å². The highest BCUT2D eigenvalue weighted by Gasteiger charge is 2.38. The molecule has 0 aliphatic carbocycles. The van der Waals surface area contributed by atoms with Gasteiger partial charge in [0.25, 0.3) is 5.91 Å². The average molecular weight is 366 g/mol. The molecule has 1 aromatic rings. The number of amides is 1. The highest BCUT2D eigenvalue weighted by molar-refractivity contribution is 6.32. The predicted octanol–water partition coefficient (Wildman–Crippen LogP) is 3.25. The van der Waals surface area contributed by atoms with Crippen molar-refractivity contribution in [2.45, 2.75) is 25.1 Å². The minimum absolute atomic E-state index is 0.0269. The second-order valence-corrected chi connectivity index (χ2v) is 6.02. The van der Waals surface area contributed by atoms with Gasteiger partial charge in [0.2, 0.25) is 6.79 Å². The number of ether oxygens (including phenoxy) is 3. The predicted molar refractivity (Wildman–Crippen MR) is 78.5 cm³/mol. The number of carbonyl (C=O) groups is 1. The summed E-state index contributed by atoms with van der Waals surface area (Å²) in [6, 6.07) is 2.02. The molecule has 1 atom stereocenters. The van der Waals surface area contributed by atoms with E-state index in [4.69, 9.17) is 25.8 Å². The molecular formula is C15H15ClF3NO4. The van der Waals surface area contributed by atoms with Gasteiger partial charge in [0.05, 0.1) is 17.7 Å². The van der Waals surface area contributed by atoms with Crippen molar-refractivity contribution >= 4 is 17.5 Å². The molecule has 24 heavy (non-hydrogen) atoms. The Kier molecular flexibility index (Phi) is 4.78. The Morgan fingerprint density at radius 2 is 2.12 bits per heavy atom. The topological polar surface area (TPSA) is 48.0 Å². The molecule has 2 aliphatic rings. The van der Waals surface area contributed by atoms with Crippen molar-refractivity contribution in [1.82, 2.24) is 4.90 Å². The number of alkyl halides is 3. The zero-order valence-electron chi connectivity index (χ0n) is 12.6. The molecule has 0 saturated carbocycles. The van der Waals surface area contributed by atoms with Crippen LogP contribution in [0.2, 0.25) is 5.02 Å². The van der Waals surface area contributed by atoms with Crippen LogP contribution in [0.4, 0.5) is 13.2 Å². The Hall–Kier alpha value is -1.67. The van der Waals surface area contributed by atoms with Crippen molar-refractivity contribution in [2.75, 3.05) is 26.6 Å². The lowest BCUT2D eigenvalue weighted by molar-refractivity contribution is -0.148. The quantitative estimate of drug-likeness (QED) is 0.825. The van der Waals surface area contributed by atoms with Gasteiger partial charge in [-0.3, -0.25) is 4.79 Å². The summed E-state index contributed by atoms with van der Waals surface area (Å²) in [6.45, 7) is -0.818. The maximum absolute atomic E-state index is 12.9. The highest BCUT2D eigenvalue weighted by atomic mass is 35.5. The zero-order valence-corrected chi connectivity index (χ0v) is 13.3. The van der Waals surface area contributed by atoms with Crippen LogP contribution in [0.15, 0.2) is 12.1 Å². The van der Waals surface area contributed by atoms with E-state index in [1.807, 2.05) is 0 Å². The van der Waals surface area contributed by atoms with Gasteiger partial charge in [-0.05, 0) is 25.0 Å². The molecule has 1 saturated heterocycles. The van der Waals surface area contributed by atoms with E-state index in [-0.39, 0.29) is 35.5 Å². The summed E-state index contributed by atoms with van der Waals surface area (Å²) in [5.74, 6) is -0.225. The first kappa shape index (κ1) is 17.2. The first-order chi connectivity index (χ1) is 11.3. The molecule has 0 aromatic heterocycles. The number of hydrogen-bond donors (Lipinski definition) is 0. The number of rotatable bonds is 3. The smallest absolute Gasteiger partial charge is 0.406 e. The van der Waals surface area contributed by atoms with Crippen LogP contribution in [-0.2, 0) is 4.74 Å². The van der Waals surface area contributed by atoms with Gasteiger partial charge in [-0.25, -0.2) is 0 Å². The molecular weight excluding hydrogens is 351 g/mol. The van der Waals surface area contributed by atoms with E-state index in [9.17, 15) is 18.0 Å². The van der Waals surface area contributed by atoms with Crippen LogP contribution in [0.5, 0.6) is 11.5 Å². The van der Waals surface area contributed by atoms with Crippen molar-refractivity contribution in [2.24, 2.45) is 0 Å². The van der Waals surface area contributed by atoms with E-state index >= 15 is 0 Å². The average Bonchev–Trinajstić information content (AvgIpc) is 3.01. The number of halogens is 4. The molecule has 2 aliphatic heterocycles. The van der Waals surface area contributed by atoms with Gasteiger partial charge < -0.3 is 19.1 Å². The normalized spacial score (nSPS) is 20.1. The molecule has 3 rings (SSSR count). The molecule has 132 valence electrons. The van der Waals surface area contributed by atoms with Crippen LogP contribution in [0, 0.1) is 0 Å². The maximum atomic E-state index is 12.9. The lowest BCUT2D eigenvalue weighted by Gasteiger charge is -2.34. The highest BCUT2D eigenvalue weighted by Crippen LogP contribution is 2.40. The van der Waals surface area contributed by atoms with Crippen molar-refractivity contribution in [1.29, 1.82) is 0 Å². The van der Waals surface area contributed by atoms with E-state index in [0.717, 1.165) is 4.90 Å². The number of benzene rings is 1. The van der Waals surface area contributed by atoms with E-state index in [1.165, 1.54) is 12.1 Å². The van der Waals surface area contributed by atoms with Crippen LogP contribution in [0.1, 0.15) is 23.2 Å². The molecule has 0 spiro atoms. The Morgan fingerprint density at radius 3 is 2.79 bits per heavy atom. The Morgan fingerprint density at radius 1 is 1.33 bits per heavy atom. The van der Waals surface area contributed by atoms with Gasteiger partial charge in [-0.1, -0.05) is 11.6 Å². The van der Waals surface area contributed by atoms with Crippen molar-refractivity contribution in [3.63, 3.8) is 0 Å². The molecule has 1 aromatic carbocycles. The monoisotopic (exact) mass is 365 g/mol. The van der Waals surface area contributed by atoms with Crippen molar-refractivity contribution in [3.05, 3.63) is 22.7 Å². The zero-order chi connectivity index (χ0) is 17.3. The molecule has 2 heterocycles. The third kappa shape index (κ3) is 3.70. The molecule has 1 unspecified atom stereocenters. The van der Waals surface area contributed by atoms with Crippen LogP contribution >= 0.6 is 11.6 Å². The number of nitrogens with zero attached hydrogens (tertiary/aromatic N) is 1. The molecule has 1 amide bonds. The lowest BCUT2D eigenvalue weighted by Crippen LogP contribution is -2.49. The molecule has 0 bridgehead atoms. The minimum Gasteiger partial charge on any atom is -0.454 e. The van der Waals surface area contributed by atoms with Gasteiger partial charge >= 0.3 is 6.18 Å². The second kappa shape index (κ2) is 6.68. The van der Waals surface area contributed by atoms with Gasteiger partial charge in [0, 0.05) is 12.2 Å². The van der Waals surface area contributed by atoms with E-state index in [1.54, 1.807) is 0 Å². The number of carbonyl (C=O) groups excluding carboxylic acids is 1. The second-order valence-electron chi connectivity index (χ2n) is 5.61. The third-order valence-corrected chi connectivity index (χ3v) is 4.14. The lowest BCUT2D eigenvalue weighted by atomic mass is 10.1. The van der Waals surface area contributed by atoms with Crippen LogP contribution in [-0.4, -0.2) is 49.6 Å². The first-order valence-corrected chi connectivity index (χ1v) is 7.77. The molecule has 1 fully saturated rings. The largest absolute Gasteiger partial charge is 0.454 e. The summed E-state index contributed by atoms with van der Waals surface area (Å²) < 4.78 is 54.3. The van der Waals surface area contributed by atoms with Gasteiger partial charge in [0.15, 0.2) is 11.5 Å². The summed E-state index contributed by atoms with van der Waals surface area (Å²) in [7, 11) is 0. The van der Waals surface area contributed by atoms with Crippen LogP contribution < -0.4 is 9.47 Å². The Bertz CT molecular complexity index is 632. The summed E-state index contributed by atoms with van der Waals surface area (Å²) >= 11 is 6.02. The van der Waals surface area contributed by atoms with E-state index in [0.29, 0.717) is 19.4 Å². The van der Waals surface area contributed by atoms with E-state index in [2.05, 4.69) is 0 Å². The summed E-state index contributed by atoms with van der Waals surface area (Å²) in [6.07, 6.45) is -3.44. The fraction of sp³-hybridized carbons (Fsp3) is 0.533. The summed E-state index contributed by atoms with van der Waals surface area (Å²) in [4.78, 5) is 13.5. The van der Waals surface area contributed by atoms with Crippen molar-refractivity contribution < 1.29 is 32.2 Å². The third-order valence-electron chi connectivity index (χ3n) is 3.86. The molecule has 0 radical (unpaired) electrons. The summed E-state index contributed by atoms with van der Waals surface area (Å²) in [5.41, 5.74) is 0.0269. The number of hydrogen-bond acceptors (Lipinski definition) is 4. The number of fused-ring (bicyclic) bond motifs is 1. The maximum Gasteiger partial charge on any atom is 0.406 e. The van der Waals surface area contributed by atoms with Crippen LogP contribution in [0.3, 0.4) is 0 Å². The molecule has 9 heteroatoms. The standard InChI is InChI=1S/C15H15ClF3NO4/c16-11-4-9(5-12-13(11)24-8-23-12)14(21)20(7-15(17,18)19)10-2-1-3-22-6-10/h4-5,10H,1-3,6-8H2. The Labute approximate surface area is 141 Å². The molecule has 0 N–H and O–H groups in total. The summed E-state index contributed by atoms with van der Waals surface area (Å²) in [5, 5.41) is 0.125. The van der Waals surface area contributed by atoms with Crippen LogP contribution in [0.25, 0.3) is 0 Å². The SMILES string of the molecule is O=C(c1cc(Cl)c2c(c1)OCO2)N(CC(F)(F)F)C1CCCOC1. The van der Waals surface area contributed by atoms with Gasteiger partial charge in [0.1, 0.15) is 6.54 Å². The fourth-order valence-electron chi connectivity index (χ4n) is 2.79. The Balaban J connectivity index is 1.89. The van der Waals surface area contributed by atoms with E-state index < -0.39 is 24.7 Å².